The number of para-hydroxylation sites is 1. The molecule has 8 nitrogen and oxygen atoms in total. The van der Waals surface area contributed by atoms with Gasteiger partial charge < -0.3 is 10.6 Å². The van der Waals surface area contributed by atoms with E-state index in [1.54, 1.807) is 13.1 Å². The maximum atomic E-state index is 13.8. The molecular formula is C28H27N7O. The molecular weight excluding hydrogens is 450 g/mol. The summed E-state index contributed by atoms with van der Waals surface area (Å²) < 4.78 is 3.39. The second-order valence-electron chi connectivity index (χ2n) is 9.24. The van der Waals surface area contributed by atoms with Crippen LogP contribution in [-0.4, -0.2) is 43.4 Å². The summed E-state index contributed by atoms with van der Waals surface area (Å²) in [7, 11) is 0. The summed E-state index contributed by atoms with van der Waals surface area (Å²) in [5.41, 5.74) is 8.81. The quantitative estimate of drug-likeness (QED) is 0.315. The Morgan fingerprint density at radius 1 is 1.03 bits per heavy atom. The van der Waals surface area contributed by atoms with E-state index < -0.39 is 0 Å². The lowest BCUT2D eigenvalue weighted by atomic mass is 10.0. The lowest BCUT2D eigenvalue weighted by Crippen LogP contribution is -2.44. The van der Waals surface area contributed by atoms with Gasteiger partial charge in [0.15, 0.2) is 0 Å². The van der Waals surface area contributed by atoms with Crippen LogP contribution in [0.5, 0.6) is 0 Å². The molecule has 0 radical (unpaired) electrons. The third kappa shape index (κ3) is 3.78. The minimum atomic E-state index is -0.204. The molecule has 1 aliphatic heterocycles. The van der Waals surface area contributed by atoms with E-state index in [1.807, 2.05) is 41.0 Å². The number of hydrogen-bond donors (Lipinski definition) is 1. The lowest BCUT2D eigenvalue weighted by Gasteiger charge is -2.31. The molecule has 8 heteroatoms. The molecule has 2 aromatic carbocycles. The first-order valence-electron chi connectivity index (χ1n) is 12.3. The van der Waals surface area contributed by atoms with Gasteiger partial charge in [0.2, 0.25) is 5.95 Å². The van der Waals surface area contributed by atoms with Crippen molar-refractivity contribution in [3.63, 3.8) is 0 Å². The van der Waals surface area contributed by atoms with Gasteiger partial charge in [-0.15, -0.1) is 5.92 Å². The molecule has 0 aliphatic carbocycles. The highest BCUT2D eigenvalue weighted by atomic mass is 16.1. The normalized spacial score (nSPS) is 15.9. The first-order chi connectivity index (χ1) is 17.6. The lowest BCUT2D eigenvalue weighted by molar-refractivity contribution is 0.496. The Labute approximate surface area is 208 Å². The highest BCUT2D eigenvalue weighted by molar-refractivity contribution is 6.06. The average molecular weight is 478 g/mol. The van der Waals surface area contributed by atoms with E-state index in [4.69, 9.17) is 15.7 Å². The molecule has 0 bridgehead atoms. The predicted molar refractivity (Wildman–Crippen MR) is 143 cm³/mol. The van der Waals surface area contributed by atoms with Crippen LogP contribution in [0.25, 0.3) is 32.7 Å². The Bertz CT molecular complexity index is 1720. The van der Waals surface area contributed by atoms with Crippen molar-refractivity contribution in [1.29, 1.82) is 0 Å². The number of pyridine rings is 1. The first kappa shape index (κ1) is 22.3. The molecule has 3 aromatic heterocycles. The third-order valence-corrected chi connectivity index (χ3v) is 6.87. The second kappa shape index (κ2) is 9.10. The van der Waals surface area contributed by atoms with Gasteiger partial charge in [-0.1, -0.05) is 48.4 Å². The van der Waals surface area contributed by atoms with Crippen molar-refractivity contribution in [3.8, 4) is 11.8 Å². The number of nitrogens with zero attached hydrogens (tertiary/aromatic N) is 6. The number of hydrogen-bond acceptors (Lipinski definition) is 6. The van der Waals surface area contributed by atoms with Crippen molar-refractivity contribution in [2.75, 3.05) is 18.0 Å². The van der Waals surface area contributed by atoms with E-state index in [0.29, 0.717) is 24.1 Å². The van der Waals surface area contributed by atoms with Crippen LogP contribution >= 0.6 is 0 Å². The van der Waals surface area contributed by atoms with Gasteiger partial charge in [-0.05, 0) is 31.2 Å². The standard InChI is InChI=1S/C28H27N7O/c1-2-3-15-34-26-24(32-28(34)33-14-8-9-19(29)17-33)16-30-35(27(26)36)18-25-22-12-5-4-10-20(22)21-11-6-7-13-23(21)31-25/h4-7,10-13,16,19H,8-9,14-15,17-18,29H2,1H3. The van der Waals surface area contributed by atoms with Crippen LogP contribution in [0.3, 0.4) is 0 Å². The van der Waals surface area contributed by atoms with Crippen LogP contribution in [0.2, 0.25) is 0 Å². The van der Waals surface area contributed by atoms with Crippen LogP contribution < -0.4 is 16.2 Å². The number of fused-ring (bicyclic) bond motifs is 4. The molecule has 2 N–H and O–H groups in total. The average Bonchev–Trinajstić information content (AvgIpc) is 3.28. The fourth-order valence-corrected chi connectivity index (χ4v) is 5.16. The Hall–Kier alpha value is -4.22. The van der Waals surface area contributed by atoms with Crippen molar-refractivity contribution >= 4 is 38.7 Å². The zero-order valence-electron chi connectivity index (χ0n) is 20.2. The fourth-order valence-electron chi connectivity index (χ4n) is 5.16. The van der Waals surface area contributed by atoms with E-state index in [1.165, 1.54) is 4.68 Å². The van der Waals surface area contributed by atoms with Crippen molar-refractivity contribution in [2.24, 2.45) is 5.73 Å². The summed E-state index contributed by atoms with van der Waals surface area (Å²) in [5, 5.41) is 7.71. The summed E-state index contributed by atoms with van der Waals surface area (Å²) in [6, 6.07) is 16.3. The Morgan fingerprint density at radius 2 is 1.81 bits per heavy atom. The van der Waals surface area contributed by atoms with Crippen molar-refractivity contribution in [1.82, 2.24) is 24.3 Å². The molecule has 1 aliphatic rings. The van der Waals surface area contributed by atoms with Gasteiger partial charge >= 0.3 is 0 Å². The van der Waals surface area contributed by atoms with E-state index in [9.17, 15) is 4.79 Å². The molecule has 1 saturated heterocycles. The summed E-state index contributed by atoms with van der Waals surface area (Å²) in [4.78, 5) is 25.7. The summed E-state index contributed by atoms with van der Waals surface area (Å²) in [6.07, 6.45) is 3.66. The Kier molecular flexibility index (Phi) is 5.62. The van der Waals surface area contributed by atoms with Crippen molar-refractivity contribution < 1.29 is 0 Å². The van der Waals surface area contributed by atoms with Gasteiger partial charge in [0.1, 0.15) is 11.0 Å². The maximum absolute atomic E-state index is 13.8. The van der Waals surface area contributed by atoms with Crippen LogP contribution in [-0.2, 0) is 13.1 Å². The molecule has 6 rings (SSSR count). The highest BCUT2D eigenvalue weighted by Crippen LogP contribution is 2.27. The minimum Gasteiger partial charge on any atom is -0.341 e. The van der Waals surface area contributed by atoms with Crippen LogP contribution in [0.4, 0.5) is 5.95 Å². The molecule has 1 fully saturated rings. The number of nitrogens with two attached hydrogens (primary N) is 1. The number of anilines is 1. The summed E-state index contributed by atoms with van der Waals surface area (Å²) in [5.74, 6) is 6.78. The molecule has 0 spiro atoms. The molecule has 0 saturated carbocycles. The zero-order chi connectivity index (χ0) is 24.6. The monoisotopic (exact) mass is 477 g/mol. The number of aromatic nitrogens is 5. The Morgan fingerprint density at radius 3 is 2.61 bits per heavy atom. The van der Waals surface area contributed by atoms with E-state index in [-0.39, 0.29) is 18.1 Å². The van der Waals surface area contributed by atoms with E-state index in [0.717, 1.165) is 52.7 Å². The van der Waals surface area contributed by atoms with Gasteiger partial charge in [0, 0.05) is 29.9 Å². The topological polar surface area (TPSA) is 94.9 Å². The molecule has 36 heavy (non-hydrogen) atoms. The molecule has 0 amide bonds. The van der Waals surface area contributed by atoms with Crippen molar-refractivity contribution in [2.45, 2.75) is 38.9 Å². The van der Waals surface area contributed by atoms with Gasteiger partial charge in [-0.2, -0.15) is 5.10 Å². The summed E-state index contributed by atoms with van der Waals surface area (Å²) in [6.45, 7) is 3.99. The van der Waals surface area contributed by atoms with Gasteiger partial charge in [-0.25, -0.2) is 9.67 Å². The third-order valence-electron chi connectivity index (χ3n) is 6.87. The maximum Gasteiger partial charge on any atom is 0.293 e. The minimum absolute atomic E-state index is 0.0892. The van der Waals surface area contributed by atoms with E-state index in [2.05, 4.69) is 34.0 Å². The summed E-state index contributed by atoms with van der Waals surface area (Å²) >= 11 is 0. The Balaban J connectivity index is 1.49. The number of piperidine rings is 1. The number of imidazole rings is 1. The zero-order valence-corrected chi connectivity index (χ0v) is 20.2. The number of benzene rings is 2. The molecule has 5 aromatic rings. The van der Waals surface area contributed by atoms with Crippen molar-refractivity contribution in [3.05, 3.63) is 70.8 Å². The highest BCUT2D eigenvalue weighted by Gasteiger charge is 2.24. The van der Waals surface area contributed by atoms with Crippen LogP contribution in [0.15, 0.2) is 59.5 Å². The molecule has 1 unspecified atom stereocenters. The molecule has 180 valence electrons. The SMILES string of the molecule is CC#CCn1c(N2CCCC(N)C2)nc2cnn(Cc3nc4ccccc4c4ccccc34)c(=O)c21. The predicted octanol–water partition coefficient (Wildman–Crippen LogP) is 3.29. The van der Waals surface area contributed by atoms with Gasteiger partial charge in [0.25, 0.3) is 5.56 Å². The number of rotatable bonds is 4. The van der Waals surface area contributed by atoms with E-state index >= 15 is 0 Å². The van der Waals surface area contributed by atoms with Gasteiger partial charge in [0.05, 0.1) is 30.5 Å². The van der Waals surface area contributed by atoms with Crippen LogP contribution in [0, 0.1) is 11.8 Å². The molecule has 1 atom stereocenters. The first-order valence-corrected chi connectivity index (χ1v) is 12.3. The second-order valence-corrected chi connectivity index (χ2v) is 9.24. The van der Waals surface area contributed by atoms with Crippen LogP contribution in [0.1, 0.15) is 25.5 Å². The smallest absolute Gasteiger partial charge is 0.293 e. The molecule has 4 heterocycles. The largest absolute Gasteiger partial charge is 0.341 e. The van der Waals surface area contributed by atoms with Gasteiger partial charge in [-0.3, -0.25) is 14.3 Å². The fraction of sp³-hybridized carbons (Fsp3) is 0.286.